The molecule has 0 spiro atoms. The third-order valence-corrected chi connectivity index (χ3v) is 5.68. The number of benzene rings is 1. The van der Waals surface area contributed by atoms with Gasteiger partial charge in [-0.1, -0.05) is 12.1 Å². The summed E-state index contributed by atoms with van der Waals surface area (Å²) in [5.74, 6) is -0.980. The highest BCUT2D eigenvalue weighted by molar-refractivity contribution is 7.89. The molecule has 0 radical (unpaired) electrons. The zero-order chi connectivity index (χ0) is 16.4. The van der Waals surface area contributed by atoms with Crippen LogP contribution in [0.2, 0.25) is 0 Å². The number of hydrogen-bond donors (Lipinski definition) is 0. The van der Waals surface area contributed by atoms with Gasteiger partial charge in [0.2, 0.25) is 10.0 Å². The number of rotatable bonds is 3. The second-order valence-electron chi connectivity index (χ2n) is 5.14. The van der Waals surface area contributed by atoms with Gasteiger partial charge in [-0.15, -0.1) is 0 Å². The highest BCUT2D eigenvalue weighted by atomic mass is 32.2. The molecule has 23 heavy (non-hydrogen) atoms. The molecule has 122 valence electrons. The fourth-order valence-corrected chi connectivity index (χ4v) is 3.98. The Balaban J connectivity index is 1.72. The summed E-state index contributed by atoms with van der Waals surface area (Å²) in [6, 6.07) is 6.84. The highest BCUT2D eigenvalue weighted by Crippen LogP contribution is 2.21. The predicted octanol–water partition coefficient (Wildman–Crippen LogP) is 1.57. The van der Waals surface area contributed by atoms with Gasteiger partial charge in [-0.25, -0.2) is 12.8 Å². The molecule has 6 nitrogen and oxygen atoms in total. The van der Waals surface area contributed by atoms with Crippen molar-refractivity contribution in [3.05, 3.63) is 54.2 Å². The molecule has 1 aliphatic heterocycles. The second kappa shape index (κ2) is 6.13. The van der Waals surface area contributed by atoms with Gasteiger partial charge < -0.3 is 9.32 Å². The van der Waals surface area contributed by atoms with Gasteiger partial charge in [0, 0.05) is 26.2 Å². The number of carbonyl (C=O) groups excluding carboxylic acids is 1. The van der Waals surface area contributed by atoms with Crippen LogP contribution in [0.1, 0.15) is 10.4 Å². The van der Waals surface area contributed by atoms with E-state index < -0.39 is 15.8 Å². The minimum absolute atomic E-state index is 0.125. The summed E-state index contributed by atoms with van der Waals surface area (Å²) in [7, 11) is -3.89. The molecule has 1 amide bonds. The van der Waals surface area contributed by atoms with E-state index in [2.05, 4.69) is 0 Å². The minimum atomic E-state index is -3.89. The monoisotopic (exact) mass is 338 g/mol. The normalized spacial score (nSPS) is 16.5. The van der Waals surface area contributed by atoms with Gasteiger partial charge in [0.25, 0.3) is 5.91 Å². The molecular weight excluding hydrogens is 323 g/mol. The van der Waals surface area contributed by atoms with Gasteiger partial charge in [-0.3, -0.25) is 4.79 Å². The summed E-state index contributed by atoms with van der Waals surface area (Å²) in [5.41, 5.74) is 0.426. The first-order valence-corrected chi connectivity index (χ1v) is 8.50. The van der Waals surface area contributed by atoms with E-state index >= 15 is 0 Å². The van der Waals surface area contributed by atoms with Crippen LogP contribution in [0.3, 0.4) is 0 Å². The number of halogens is 1. The molecule has 1 saturated heterocycles. The Morgan fingerprint density at radius 3 is 2.39 bits per heavy atom. The molecule has 0 saturated carbocycles. The number of carbonyl (C=O) groups is 1. The number of amides is 1. The third-order valence-electron chi connectivity index (χ3n) is 3.75. The number of furan rings is 1. The lowest BCUT2D eigenvalue weighted by Gasteiger charge is -2.33. The average molecular weight is 338 g/mol. The van der Waals surface area contributed by atoms with Crippen molar-refractivity contribution in [2.45, 2.75) is 4.90 Å². The van der Waals surface area contributed by atoms with Crippen LogP contribution in [0.5, 0.6) is 0 Å². The lowest BCUT2D eigenvalue weighted by atomic mass is 10.2. The fourth-order valence-electron chi connectivity index (χ4n) is 2.49. The average Bonchev–Trinajstić information content (AvgIpc) is 3.09. The van der Waals surface area contributed by atoms with Gasteiger partial charge in [-0.05, 0) is 18.2 Å². The summed E-state index contributed by atoms with van der Waals surface area (Å²) in [5, 5.41) is 0. The van der Waals surface area contributed by atoms with Crippen molar-refractivity contribution in [2.75, 3.05) is 26.2 Å². The molecule has 1 fully saturated rings. The topological polar surface area (TPSA) is 70.8 Å². The van der Waals surface area contributed by atoms with Crippen molar-refractivity contribution < 1.29 is 22.0 Å². The molecule has 0 N–H and O–H groups in total. The summed E-state index contributed by atoms with van der Waals surface area (Å²) in [6.07, 6.45) is 2.76. The van der Waals surface area contributed by atoms with E-state index in [0.717, 1.165) is 6.07 Å². The molecule has 0 aliphatic carbocycles. The van der Waals surface area contributed by atoms with Crippen LogP contribution in [-0.4, -0.2) is 49.7 Å². The van der Waals surface area contributed by atoms with Crippen molar-refractivity contribution in [2.24, 2.45) is 0 Å². The smallest absolute Gasteiger partial charge is 0.257 e. The van der Waals surface area contributed by atoms with E-state index in [-0.39, 0.29) is 37.0 Å². The second-order valence-corrected chi connectivity index (χ2v) is 7.05. The Bertz CT molecular complexity index is 797. The van der Waals surface area contributed by atoms with Crippen LogP contribution >= 0.6 is 0 Å². The van der Waals surface area contributed by atoms with Crippen LogP contribution in [0.25, 0.3) is 0 Å². The van der Waals surface area contributed by atoms with Gasteiger partial charge in [0.15, 0.2) is 0 Å². The van der Waals surface area contributed by atoms with E-state index in [4.69, 9.17) is 4.42 Å². The summed E-state index contributed by atoms with van der Waals surface area (Å²) < 4.78 is 44.8. The molecular formula is C15H15FN2O4S. The largest absolute Gasteiger partial charge is 0.472 e. The van der Waals surface area contributed by atoms with Crippen LogP contribution in [-0.2, 0) is 10.0 Å². The van der Waals surface area contributed by atoms with Crippen LogP contribution in [0.15, 0.2) is 52.2 Å². The van der Waals surface area contributed by atoms with E-state index in [1.54, 1.807) is 11.0 Å². The van der Waals surface area contributed by atoms with Crippen LogP contribution < -0.4 is 0 Å². The molecule has 2 heterocycles. The predicted molar refractivity (Wildman–Crippen MR) is 79.8 cm³/mol. The van der Waals surface area contributed by atoms with Crippen molar-refractivity contribution >= 4 is 15.9 Å². The molecule has 0 bridgehead atoms. The molecule has 2 aromatic rings. The zero-order valence-electron chi connectivity index (χ0n) is 12.2. The number of nitrogens with zero attached hydrogens (tertiary/aromatic N) is 2. The van der Waals surface area contributed by atoms with Crippen molar-refractivity contribution in [1.29, 1.82) is 0 Å². The molecule has 1 aliphatic rings. The number of hydrogen-bond acceptors (Lipinski definition) is 4. The lowest BCUT2D eigenvalue weighted by molar-refractivity contribution is 0.0697. The highest BCUT2D eigenvalue weighted by Gasteiger charge is 2.32. The molecule has 3 rings (SSSR count). The maximum atomic E-state index is 13.8. The summed E-state index contributed by atoms with van der Waals surface area (Å²) >= 11 is 0. The van der Waals surface area contributed by atoms with Gasteiger partial charge >= 0.3 is 0 Å². The number of sulfonamides is 1. The van der Waals surface area contributed by atoms with Crippen molar-refractivity contribution in [3.63, 3.8) is 0 Å². The van der Waals surface area contributed by atoms with Crippen molar-refractivity contribution in [3.8, 4) is 0 Å². The van der Waals surface area contributed by atoms with Crippen molar-refractivity contribution in [1.82, 2.24) is 9.21 Å². The standard InChI is InChI=1S/C15H15FN2O4S/c16-13-3-1-2-4-14(13)23(20,21)18-8-6-17(7-9-18)15(19)12-5-10-22-11-12/h1-5,10-11H,6-9H2. The van der Waals surface area contributed by atoms with Gasteiger partial charge in [0.1, 0.15) is 17.0 Å². The van der Waals surface area contributed by atoms with E-state index in [1.807, 2.05) is 0 Å². The summed E-state index contributed by atoms with van der Waals surface area (Å²) in [4.78, 5) is 13.4. The Labute approximate surface area is 133 Å². The van der Waals surface area contributed by atoms with Gasteiger partial charge in [0.05, 0.1) is 11.8 Å². The summed E-state index contributed by atoms with van der Waals surface area (Å²) in [6.45, 7) is 0.746. The van der Waals surface area contributed by atoms with Gasteiger partial charge in [-0.2, -0.15) is 4.31 Å². The number of piperazine rings is 1. The Morgan fingerprint density at radius 2 is 1.78 bits per heavy atom. The zero-order valence-corrected chi connectivity index (χ0v) is 13.0. The lowest BCUT2D eigenvalue weighted by Crippen LogP contribution is -2.50. The first kappa shape index (κ1) is 15.7. The maximum absolute atomic E-state index is 13.8. The Morgan fingerprint density at radius 1 is 1.09 bits per heavy atom. The molecule has 0 unspecified atom stereocenters. The molecule has 1 aromatic heterocycles. The SMILES string of the molecule is O=C(c1ccoc1)N1CCN(S(=O)(=O)c2ccccc2F)CC1. The quantitative estimate of drug-likeness (QED) is 0.852. The van der Waals surface area contributed by atoms with E-state index in [1.165, 1.54) is 35.0 Å². The van der Waals surface area contributed by atoms with E-state index in [9.17, 15) is 17.6 Å². The molecule has 0 atom stereocenters. The maximum Gasteiger partial charge on any atom is 0.257 e. The first-order valence-electron chi connectivity index (χ1n) is 7.06. The van der Waals surface area contributed by atoms with E-state index in [0.29, 0.717) is 5.56 Å². The third kappa shape index (κ3) is 2.99. The molecule has 8 heteroatoms. The van der Waals surface area contributed by atoms with Crippen LogP contribution in [0.4, 0.5) is 4.39 Å². The first-order chi connectivity index (χ1) is 11.0. The Hall–Kier alpha value is -2.19. The fraction of sp³-hybridized carbons (Fsp3) is 0.267. The van der Waals surface area contributed by atoms with Crippen LogP contribution in [0, 0.1) is 5.82 Å². The minimum Gasteiger partial charge on any atom is -0.472 e. The molecule has 1 aromatic carbocycles. The Kier molecular flexibility index (Phi) is 4.18.